The molecule has 0 spiro atoms. The molecule has 2 amide bonds. The van der Waals surface area contributed by atoms with Gasteiger partial charge in [-0.3, -0.25) is 9.59 Å². The van der Waals surface area contributed by atoms with Gasteiger partial charge in [0.05, 0.1) is 27.6 Å². The van der Waals surface area contributed by atoms with E-state index in [-0.39, 0.29) is 18.4 Å². The molecule has 0 saturated carbocycles. The summed E-state index contributed by atoms with van der Waals surface area (Å²) < 4.78 is 2.19. The molecule has 1 N–H and O–H groups in total. The van der Waals surface area contributed by atoms with Crippen molar-refractivity contribution in [3.05, 3.63) is 63.1 Å². The minimum atomic E-state index is -0.198. The van der Waals surface area contributed by atoms with Gasteiger partial charge in [0.1, 0.15) is 5.69 Å². The number of likely N-dealkylation sites (tertiary alicyclic amines) is 1. The lowest BCUT2D eigenvalue weighted by molar-refractivity contribution is 0.0792. The highest BCUT2D eigenvalue weighted by Crippen LogP contribution is 2.21. The van der Waals surface area contributed by atoms with Crippen molar-refractivity contribution in [2.45, 2.75) is 19.4 Å². The van der Waals surface area contributed by atoms with Gasteiger partial charge < -0.3 is 10.2 Å². The van der Waals surface area contributed by atoms with Crippen LogP contribution in [0.1, 0.15) is 38.6 Å². The Morgan fingerprint density at radius 2 is 1.86 bits per heavy atom. The fourth-order valence-electron chi connectivity index (χ4n) is 3.06. The molecule has 0 aliphatic carbocycles. The summed E-state index contributed by atoms with van der Waals surface area (Å²) >= 11 is 7.08. The van der Waals surface area contributed by atoms with E-state index in [1.54, 1.807) is 35.1 Å². The normalized spacial score (nSPS) is 13.7. The van der Waals surface area contributed by atoms with Crippen LogP contribution in [0.5, 0.6) is 0 Å². The predicted octanol–water partition coefficient (Wildman–Crippen LogP) is 3.15. The zero-order valence-electron chi connectivity index (χ0n) is 15.0. The van der Waals surface area contributed by atoms with E-state index in [1.807, 2.05) is 17.0 Å². The topological polar surface area (TPSA) is 80.1 Å². The number of nitrogens with zero attached hydrogens (tertiary/aromatic N) is 4. The number of halogens is 1. The van der Waals surface area contributed by atoms with E-state index >= 15 is 0 Å². The lowest BCUT2D eigenvalue weighted by Crippen LogP contribution is -2.27. The third-order valence-corrected chi connectivity index (χ3v) is 5.77. The number of hydrogen-bond acceptors (Lipinski definition) is 5. The zero-order valence-corrected chi connectivity index (χ0v) is 16.5. The van der Waals surface area contributed by atoms with Crippen molar-refractivity contribution in [2.24, 2.45) is 0 Å². The third kappa shape index (κ3) is 4.07. The summed E-state index contributed by atoms with van der Waals surface area (Å²) in [5.41, 5.74) is 2.11. The molecule has 28 heavy (non-hydrogen) atoms. The number of thiophene rings is 1. The molecule has 3 heterocycles. The fraction of sp³-hybridized carbons (Fsp3) is 0.263. The molecule has 2 aromatic heterocycles. The molecule has 0 unspecified atom stereocenters. The predicted molar refractivity (Wildman–Crippen MR) is 107 cm³/mol. The monoisotopic (exact) mass is 415 g/mol. The first-order valence-electron chi connectivity index (χ1n) is 8.94. The van der Waals surface area contributed by atoms with Crippen LogP contribution in [-0.4, -0.2) is 44.8 Å². The second-order valence-corrected chi connectivity index (χ2v) is 8.20. The molecule has 0 atom stereocenters. The Labute approximate surface area is 170 Å². The number of rotatable bonds is 5. The largest absolute Gasteiger partial charge is 0.346 e. The maximum atomic E-state index is 12.4. The number of aromatic nitrogens is 3. The molecule has 0 radical (unpaired) electrons. The molecule has 1 aliphatic heterocycles. The third-order valence-electron chi connectivity index (χ3n) is 4.54. The van der Waals surface area contributed by atoms with Crippen molar-refractivity contribution in [1.29, 1.82) is 0 Å². The summed E-state index contributed by atoms with van der Waals surface area (Å²) in [6, 6.07) is 10.7. The molecule has 1 saturated heterocycles. The summed E-state index contributed by atoms with van der Waals surface area (Å²) in [5, 5.41) is 11.0. The number of carbonyl (C=O) groups is 2. The molecule has 144 valence electrons. The van der Waals surface area contributed by atoms with E-state index in [4.69, 9.17) is 11.6 Å². The summed E-state index contributed by atoms with van der Waals surface area (Å²) in [4.78, 5) is 26.9. The van der Waals surface area contributed by atoms with Crippen LogP contribution in [-0.2, 0) is 6.54 Å². The van der Waals surface area contributed by atoms with Crippen molar-refractivity contribution in [3.8, 4) is 5.69 Å². The molecule has 1 aromatic carbocycles. The van der Waals surface area contributed by atoms with E-state index in [0.717, 1.165) is 31.6 Å². The van der Waals surface area contributed by atoms with Gasteiger partial charge in [-0.1, -0.05) is 16.8 Å². The number of hydrogen-bond donors (Lipinski definition) is 1. The first-order chi connectivity index (χ1) is 13.6. The number of amides is 2. The van der Waals surface area contributed by atoms with E-state index in [9.17, 15) is 9.59 Å². The van der Waals surface area contributed by atoms with Crippen LogP contribution < -0.4 is 5.32 Å². The first-order valence-corrected chi connectivity index (χ1v) is 10.1. The molecule has 0 bridgehead atoms. The van der Waals surface area contributed by atoms with Crippen LogP contribution in [0.25, 0.3) is 5.69 Å². The zero-order chi connectivity index (χ0) is 19.5. The summed E-state index contributed by atoms with van der Waals surface area (Å²) in [7, 11) is 0. The van der Waals surface area contributed by atoms with Crippen molar-refractivity contribution >= 4 is 34.8 Å². The molecule has 9 heteroatoms. The highest BCUT2D eigenvalue weighted by molar-refractivity contribution is 7.17. The number of nitrogens with one attached hydrogen (secondary N) is 1. The molecule has 3 aromatic rings. The highest BCUT2D eigenvalue weighted by Gasteiger charge is 2.19. The standard InChI is InChI=1S/C19H18ClN5O2S/c20-17-8-7-16(28-17)18(26)21-11-14-12-25(23-22-14)15-5-3-13(4-6-15)19(27)24-9-1-2-10-24/h3-8,12H,1-2,9-11H2,(H,21,26). The number of carbonyl (C=O) groups excluding carboxylic acids is 2. The molecule has 4 rings (SSSR count). The molecular weight excluding hydrogens is 398 g/mol. The van der Waals surface area contributed by atoms with Gasteiger partial charge in [-0.2, -0.15) is 0 Å². The average Bonchev–Trinajstić information content (AvgIpc) is 3.47. The van der Waals surface area contributed by atoms with E-state index in [2.05, 4.69) is 15.6 Å². The Bertz CT molecular complexity index is 992. The lowest BCUT2D eigenvalue weighted by atomic mass is 10.2. The van der Waals surface area contributed by atoms with Gasteiger partial charge in [-0.15, -0.1) is 16.4 Å². The van der Waals surface area contributed by atoms with Crippen molar-refractivity contribution in [2.75, 3.05) is 13.1 Å². The van der Waals surface area contributed by atoms with Crippen LogP contribution in [0.2, 0.25) is 4.34 Å². The molecule has 7 nitrogen and oxygen atoms in total. The Kier molecular flexibility index (Phi) is 5.40. The molecule has 1 aliphatic rings. The SMILES string of the molecule is O=C(NCc1cn(-c2ccc(C(=O)N3CCCC3)cc2)nn1)c1ccc(Cl)s1. The van der Waals surface area contributed by atoms with Crippen molar-refractivity contribution in [3.63, 3.8) is 0 Å². The van der Waals surface area contributed by atoms with Crippen LogP contribution in [0.4, 0.5) is 0 Å². The summed E-state index contributed by atoms with van der Waals surface area (Å²) in [6.45, 7) is 1.92. The van der Waals surface area contributed by atoms with Crippen molar-refractivity contribution in [1.82, 2.24) is 25.2 Å². The maximum absolute atomic E-state index is 12.4. The maximum Gasteiger partial charge on any atom is 0.261 e. The Balaban J connectivity index is 1.38. The van der Waals surface area contributed by atoms with Crippen molar-refractivity contribution < 1.29 is 9.59 Å². The fourth-order valence-corrected chi connectivity index (χ4v) is 4.02. The van der Waals surface area contributed by atoms with Crippen LogP contribution in [0, 0.1) is 0 Å². The van der Waals surface area contributed by atoms with E-state index < -0.39 is 0 Å². The van der Waals surface area contributed by atoms with Crippen LogP contribution in [0.15, 0.2) is 42.6 Å². The van der Waals surface area contributed by atoms with Gasteiger partial charge in [0.2, 0.25) is 0 Å². The smallest absolute Gasteiger partial charge is 0.261 e. The first kappa shape index (κ1) is 18.6. The second-order valence-electron chi connectivity index (χ2n) is 6.49. The number of benzene rings is 1. The minimum Gasteiger partial charge on any atom is -0.346 e. The quantitative estimate of drug-likeness (QED) is 0.694. The summed E-state index contributed by atoms with van der Waals surface area (Å²) in [6.07, 6.45) is 3.89. The minimum absolute atomic E-state index is 0.0692. The highest BCUT2D eigenvalue weighted by atomic mass is 35.5. The van der Waals surface area contributed by atoms with Gasteiger partial charge in [-0.25, -0.2) is 4.68 Å². The van der Waals surface area contributed by atoms with Gasteiger partial charge in [0, 0.05) is 18.7 Å². The average molecular weight is 416 g/mol. The van der Waals surface area contributed by atoms with E-state index in [0.29, 0.717) is 20.5 Å². The Hall–Kier alpha value is -2.71. The molecule has 1 fully saturated rings. The summed E-state index contributed by atoms with van der Waals surface area (Å²) in [5.74, 6) is -0.129. The van der Waals surface area contributed by atoms with Crippen LogP contribution in [0.3, 0.4) is 0 Å². The Morgan fingerprint density at radius 3 is 2.54 bits per heavy atom. The molecular formula is C19H18ClN5O2S. The van der Waals surface area contributed by atoms with Gasteiger partial charge in [0.15, 0.2) is 0 Å². The lowest BCUT2D eigenvalue weighted by Gasteiger charge is -2.15. The second kappa shape index (κ2) is 8.12. The van der Waals surface area contributed by atoms with Gasteiger partial charge in [-0.05, 0) is 49.2 Å². The van der Waals surface area contributed by atoms with Gasteiger partial charge in [0.25, 0.3) is 11.8 Å². The Morgan fingerprint density at radius 1 is 1.11 bits per heavy atom. The van der Waals surface area contributed by atoms with E-state index in [1.165, 1.54) is 11.3 Å². The van der Waals surface area contributed by atoms with Gasteiger partial charge >= 0.3 is 0 Å². The van der Waals surface area contributed by atoms with Crippen LogP contribution >= 0.6 is 22.9 Å².